The van der Waals surface area contributed by atoms with E-state index in [4.69, 9.17) is 4.74 Å². The van der Waals surface area contributed by atoms with E-state index in [1.807, 2.05) is 55.7 Å². The Morgan fingerprint density at radius 3 is 2.03 bits per heavy atom. The van der Waals surface area contributed by atoms with Crippen molar-refractivity contribution in [3.8, 4) is 28.3 Å². The minimum absolute atomic E-state index is 0.170. The van der Waals surface area contributed by atoms with Crippen molar-refractivity contribution in [3.63, 3.8) is 0 Å². The van der Waals surface area contributed by atoms with Gasteiger partial charge >= 0.3 is 5.97 Å². The lowest BCUT2D eigenvalue weighted by atomic mass is 9.99. The van der Waals surface area contributed by atoms with E-state index < -0.39 is 11.6 Å². The molecule has 4 nitrogen and oxygen atoms in total. The van der Waals surface area contributed by atoms with E-state index in [2.05, 4.69) is 16.9 Å². The Morgan fingerprint density at radius 2 is 1.37 bits per heavy atom. The smallest absolute Gasteiger partial charge is 0.348 e. The number of nitrogens with zero attached hydrogens (tertiary/aromatic N) is 2. The van der Waals surface area contributed by atoms with Crippen LogP contribution < -0.4 is 4.74 Å². The summed E-state index contributed by atoms with van der Waals surface area (Å²) in [5, 5.41) is 0. The van der Waals surface area contributed by atoms with Gasteiger partial charge in [0.2, 0.25) is 5.67 Å². The van der Waals surface area contributed by atoms with Gasteiger partial charge < -0.3 is 4.74 Å². The highest BCUT2D eigenvalue weighted by Gasteiger charge is 2.34. The maximum atomic E-state index is 14.8. The third-order valence-electron chi connectivity index (χ3n) is 6.99. The van der Waals surface area contributed by atoms with Gasteiger partial charge in [-0.3, -0.25) is 0 Å². The normalized spacial score (nSPS) is 12.7. The van der Waals surface area contributed by atoms with E-state index in [0.717, 1.165) is 36.0 Å². The molecule has 0 saturated heterocycles. The molecule has 0 fully saturated rings. The number of hydrogen-bond acceptors (Lipinski definition) is 4. The average Bonchev–Trinajstić information content (AvgIpc) is 2.93. The van der Waals surface area contributed by atoms with Crippen LogP contribution in [0.1, 0.15) is 97.0 Å². The van der Waals surface area contributed by atoms with E-state index in [1.165, 1.54) is 57.4 Å². The van der Waals surface area contributed by atoms with Crippen LogP contribution in [0.3, 0.4) is 0 Å². The summed E-state index contributed by atoms with van der Waals surface area (Å²) in [5.74, 6) is 0.174. The second-order valence-corrected chi connectivity index (χ2v) is 10.4. The SMILES string of the molecule is CCCCCCCCCc1cnc(-c2ccccc2-c2ccc(OC(=O)C(C)(F)CCCCC)cc2)nc1. The molecule has 0 amide bonds. The molecule has 1 unspecified atom stereocenters. The topological polar surface area (TPSA) is 52.1 Å². The third-order valence-corrected chi connectivity index (χ3v) is 6.99. The van der Waals surface area contributed by atoms with Gasteiger partial charge in [-0.05, 0) is 61.4 Å². The lowest BCUT2D eigenvalue weighted by Gasteiger charge is -2.18. The number of alkyl halides is 1. The molecule has 2 aromatic carbocycles. The number of ether oxygens (including phenoxy) is 1. The van der Waals surface area contributed by atoms with Crippen molar-refractivity contribution < 1.29 is 13.9 Å². The van der Waals surface area contributed by atoms with E-state index >= 15 is 0 Å². The molecule has 1 heterocycles. The zero-order valence-corrected chi connectivity index (χ0v) is 23.3. The average molecular weight is 519 g/mol. The van der Waals surface area contributed by atoms with E-state index in [9.17, 15) is 9.18 Å². The minimum Gasteiger partial charge on any atom is -0.424 e. The molecule has 0 saturated carbocycles. The Kier molecular flexibility index (Phi) is 11.9. The van der Waals surface area contributed by atoms with Crippen molar-refractivity contribution >= 4 is 5.97 Å². The summed E-state index contributed by atoms with van der Waals surface area (Å²) in [6, 6.07) is 15.2. The van der Waals surface area contributed by atoms with Crippen LogP contribution in [0.4, 0.5) is 4.39 Å². The lowest BCUT2D eigenvalue weighted by Crippen LogP contribution is -2.34. The number of unbranched alkanes of at least 4 members (excludes halogenated alkanes) is 8. The van der Waals surface area contributed by atoms with Gasteiger partial charge in [0.25, 0.3) is 0 Å². The summed E-state index contributed by atoms with van der Waals surface area (Å²) in [6.07, 6.45) is 16.6. The summed E-state index contributed by atoms with van der Waals surface area (Å²) >= 11 is 0. The van der Waals surface area contributed by atoms with Gasteiger partial charge in [-0.2, -0.15) is 0 Å². The first-order chi connectivity index (χ1) is 18.4. The van der Waals surface area contributed by atoms with Crippen LogP contribution >= 0.6 is 0 Å². The van der Waals surface area contributed by atoms with Crippen LogP contribution in [0, 0.1) is 0 Å². The second kappa shape index (κ2) is 15.4. The summed E-state index contributed by atoms with van der Waals surface area (Å²) in [5.41, 5.74) is 2.05. The summed E-state index contributed by atoms with van der Waals surface area (Å²) in [6.45, 7) is 5.60. The monoisotopic (exact) mass is 518 g/mol. The fourth-order valence-corrected chi connectivity index (χ4v) is 4.56. The Balaban J connectivity index is 1.61. The van der Waals surface area contributed by atoms with Gasteiger partial charge in [0.15, 0.2) is 5.82 Å². The number of hydrogen-bond donors (Lipinski definition) is 0. The van der Waals surface area contributed by atoms with Crippen LogP contribution in [-0.2, 0) is 11.2 Å². The van der Waals surface area contributed by atoms with Crippen LogP contribution in [0.25, 0.3) is 22.5 Å². The van der Waals surface area contributed by atoms with Crippen molar-refractivity contribution in [2.75, 3.05) is 0 Å². The number of halogens is 1. The van der Waals surface area contributed by atoms with Gasteiger partial charge in [0, 0.05) is 18.0 Å². The summed E-state index contributed by atoms with van der Waals surface area (Å²) < 4.78 is 20.1. The highest BCUT2D eigenvalue weighted by molar-refractivity contribution is 5.82. The van der Waals surface area contributed by atoms with Gasteiger partial charge in [-0.15, -0.1) is 0 Å². The van der Waals surface area contributed by atoms with Crippen molar-refractivity contribution in [2.24, 2.45) is 0 Å². The van der Waals surface area contributed by atoms with Crippen LogP contribution in [-0.4, -0.2) is 21.6 Å². The van der Waals surface area contributed by atoms with E-state index in [-0.39, 0.29) is 6.42 Å². The number of esters is 1. The number of benzene rings is 2. The Labute approximate surface area is 228 Å². The fraction of sp³-hybridized carbons (Fsp3) is 0.485. The molecule has 1 atom stereocenters. The van der Waals surface area contributed by atoms with Crippen molar-refractivity contribution in [3.05, 3.63) is 66.5 Å². The van der Waals surface area contributed by atoms with Crippen molar-refractivity contribution in [1.82, 2.24) is 9.97 Å². The van der Waals surface area contributed by atoms with Gasteiger partial charge in [0.1, 0.15) is 5.75 Å². The molecule has 5 heteroatoms. The zero-order chi connectivity index (χ0) is 27.2. The largest absolute Gasteiger partial charge is 0.424 e. The molecule has 204 valence electrons. The van der Waals surface area contributed by atoms with E-state index in [1.54, 1.807) is 12.1 Å². The lowest BCUT2D eigenvalue weighted by molar-refractivity contribution is -0.147. The molecule has 3 rings (SSSR count). The molecule has 0 aliphatic rings. The minimum atomic E-state index is -1.99. The standard InChI is InChI=1S/C33H43FN2O2/c1-4-6-8-9-10-11-12-16-26-24-35-31(36-25-26)30-18-14-13-17-29(30)27-19-21-28(22-20-27)38-32(37)33(3,34)23-15-7-5-2/h13-14,17-22,24-25H,4-12,15-16,23H2,1-3H3. The van der Waals surface area contributed by atoms with Gasteiger partial charge in [-0.25, -0.2) is 19.2 Å². The predicted molar refractivity (Wildman–Crippen MR) is 154 cm³/mol. The van der Waals surface area contributed by atoms with Crippen molar-refractivity contribution in [1.29, 1.82) is 0 Å². The second-order valence-electron chi connectivity index (χ2n) is 10.4. The quantitative estimate of drug-likeness (QED) is 0.108. The van der Waals surface area contributed by atoms with Gasteiger partial charge in [0.05, 0.1) is 0 Å². The number of rotatable bonds is 16. The molecular weight excluding hydrogens is 475 g/mol. The molecule has 0 aliphatic heterocycles. The molecule has 0 N–H and O–H groups in total. The third kappa shape index (κ3) is 9.04. The molecule has 38 heavy (non-hydrogen) atoms. The number of carbonyl (C=O) groups excluding carboxylic acids is 1. The highest BCUT2D eigenvalue weighted by atomic mass is 19.1. The fourth-order valence-electron chi connectivity index (χ4n) is 4.56. The molecular formula is C33H43FN2O2. The Hall–Kier alpha value is -3.08. The van der Waals surface area contributed by atoms with E-state index in [0.29, 0.717) is 18.0 Å². The predicted octanol–water partition coefficient (Wildman–Crippen LogP) is 9.32. The maximum absolute atomic E-state index is 14.8. The first-order valence-electron chi connectivity index (χ1n) is 14.4. The summed E-state index contributed by atoms with van der Waals surface area (Å²) in [7, 11) is 0. The Bertz CT molecular complexity index is 1110. The number of aryl methyl sites for hydroxylation is 1. The van der Waals surface area contributed by atoms with Crippen LogP contribution in [0.15, 0.2) is 60.9 Å². The first-order valence-corrected chi connectivity index (χ1v) is 14.4. The molecule has 1 aromatic heterocycles. The van der Waals surface area contributed by atoms with Crippen LogP contribution in [0.2, 0.25) is 0 Å². The van der Waals surface area contributed by atoms with Crippen LogP contribution in [0.5, 0.6) is 5.75 Å². The number of aromatic nitrogens is 2. The van der Waals surface area contributed by atoms with Crippen molar-refractivity contribution in [2.45, 2.75) is 103 Å². The Morgan fingerprint density at radius 1 is 0.789 bits per heavy atom. The first kappa shape index (κ1) is 29.5. The molecule has 0 spiro atoms. The zero-order valence-electron chi connectivity index (χ0n) is 23.3. The summed E-state index contributed by atoms with van der Waals surface area (Å²) in [4.78, 5) is 21.7. The molecule has 0 aliphatic carbocycles. The maximum Gasteiger partial charge on any atom is 0.348 e. The molecule has 0 radical (unpaired) electrons. The van der Waals surface area contributed by atoms with Gasteiger partial charge in [-0.1, -0.05) is 102 Å². The molecule has 0 bridgehead atoms. The number of carbonyl (C=O) groups is 1. The molecule has 3 aromatic rings. The highest BCUT2D eigenvalue weighted by Crippen LogP contribution is 2.32.